The summed E-state index contributed by atoms with van der Waals surface area (Å²) < 4.78 is 0. The third-order valence-electron chi connectivity index (χ3n) is 1.88. The van der Waals surface area contributed by atoms with Gasteiger partial charge in [-0.1, -0.05) is 15.9 Å². The lowest BCUT2D eigenvalue weighted by atomic mass is 10.2. The minimum atomic E-state index is 0.0688. The van der Waals surface area contributed by atoms with Crippen LogP contribution in [0.2, 0.25) is 0 Å². The third-order valence-corrected chi connectivity index (χ3v) is 2.51. The SMILES string of the molecule is CCN(CC)C(=O)CCC(=O)CBr. The van der Waals surface area contributed by atoms with Gasteiger partial charge in [-0.05, 0) is 13.8 Å². The van der Waals surface area contributed by atoms with Crippen LogP contribution in [0, 0.1) is 0 Å². The Labute approximate surface area is 87.6 Å². The molecule has 0 rings (SSSR count). The molecule has 0 saturated carbocycles. The van der Waals surface area contributed by atoms with Crippen molar-refractivity contribution < 1.29 is 9.59 Å². The maximum Gasteiger partial charge on any atom is 0.222 e. The summed E-state index contributed by atoms with van der Waals surface area (Å²) in [5, 5.41) is 0.346. The summed E-state index contributed by atoms with van der Waals surface area (Å²) in [6.07, 6.45) is 0.687. The Kier molecular flexibility index (Phi) is 6.86. The molecule has 0 aromatic carbocycles. The van der Waals surface area contributed by atoms with Gasteiger partial charge in [-0.25, -0.2) is 0 Å². The molecule has 0 atom stereocenters. The van der Waals surface area contributed by atoms with E-state index in [2.05, 4.69) is 15.9 Å². The molecule has 76 valence electrons. The van der Waals surface area contributed by atoms with Crippen LogP contribution in [0.3, 0.4) is 0 Å². The average Bonchev–Trinajstić information content (AvgIpc) is 2.16. The van der Waals surface area contributed by atoms with Crippen LogP contribution in [-0.2, 0) is 9.59 Å². The van der Waals surface area contributed by atoms with Crippen molar-refractivity contribution in [3.63, 3.8) is 0 Å². The molecule has 4 heteroatoms. The maximum atomic E-state index is 11.4. The molecule has 0 aliphatic heterocycles. The molecule has 1 amide bonds. The molecule has 0 radical (unpaired) electrons. The molecule has 3 nitrogen and oxygen atoms in total. The molecule has 0 aliphatic rings. The van der Waals surface area contributed by atoms with E-state index in [1.54, 1.807) is 4.90 Å². The lowest BCUT2D eigenvalue weighted by molar-refractivity contribution is -0.132. The Bertz CT molecular complexity index is 178. The first-order chi connectivity index (χ1) is 6.15. The number of alkyl halides is 1. The second-order valence-corrected chi connectivity index (χ2v) is 3.30. The molecule has 0 saturated heterocycles. The number of carbonyl (C=O) groups excluding carboxylic acids is 2. The number of ketones is 1. The minimum Gasteiger partial charge on any atom is -0.343 e. The number of hydrogen-bond acceptors (Lipinski definition) is 2. The van der Waals surface area contributed by atoms with Gasteiger partial charge in [0.1, 0.15) is 5.78 Å². The molecule has 13 heavy (non-hydrogen) atoms. The Morgan fingerprint density at radius 3 is 2.08 bits per heavy atom. The van der Waals surface area contributed by atoms with Crippen LogP contribution in [-0.4, -0.2) is 35.0 Å². The monoisotopic (exact) mass is 249 g/mol. The van der Waals surface area contributed by atoms with Crippen LogP contribution in [0.4, 0.5) is 0 Å². The van der Waals surface area contributed by atoms with E-state index >= 15 is 0 Å². The highest BCUT2D eigenvalue weighted by molar-refractivity contribution is 9.09. The molecule has 0 aromatic heterocycles. The molecule has 0 spiro atoms. The number of Topliss-reactive ketones (excluding diaryl/α,β-unsaturated/α-hetero) is 1. The van der Waals surface area contributed by atoms with E-state index < -0.39 is 0 Å². The van der Waals surface area contributed by atoms with Crippen LogP contribution in [0.1, 0.15) is 26.7 Å². The van der Waals surface area contributed by atoms with Gasteiger partial charge in [0.25, 0.3) is 0 Å². The lowest BCUT2D eigenvalue weighted by Crippen LogP contribution is -2.30. The van der Waals surface area contributed by atoms with E-state index in [4.69, 9.17) is 0 Å². The Morgan fingerprint density at radius 1 is 1.15 bits per heavy atom. The second kappa shape index (κ2) is 7.06. The average molecular weight is 250 g/mol. The first-order valence-corrected chi connectivity index (χ1v) is 5.63. The summed E-state index contributed by atoms with van der Waals surface area (Å²) in [5.74, 6) is 0.153. The number of amides is 1. The summed E-state index contributed by atoms with van der Waals surface area (Å²) in [4.78, 5) is 24.0. The standard InChI is InChI=1S/C9H16BrNO2/c1-3-11(4-2)9(13)6-5-8(12)7-10/h3-7H2,1-2H3. The second-order valence-electron chi connectivity index (χ2n) is 2.74. The van der Waals surface area contributed by atoms with Gasteiger partial charge in [-0.3, -0.25) is 9.59 Å². The molecule has 0 bridgehead atoms. The molecule has 0 aromatic rings. The van der Waals surface area contributed by atoms with Crippen molar-refractivity contribution in [2.45, 2.75) is 26.7 Å². The Morgan fingerprint density at radius 2 is 1.69 bits per heavy atom. The molecule has 0 fully saturated rings. The van der Waals surface area contributed by atoms with Gasteiger partial charge in [0.15, 0.2) is 0 Å². The molecule has 0 unspecified atom stereocenters. The first-order valence-electron chi connectivity index (χ1n) is 4.51. The van der Waals surface area contributed by atoms with Gasteiger partial charge in [0.2, 0.25) is 5.91 Å². The van der Waals surface area contributed by atoms with Crippen molar-refractivity contribution in [2.24, 2.45) is 0 Å². The van der Waals surface area contributed by atoms with Crippen molar-refractivity contribution in [1.29, 1.82) is 0 Å². The van der Waals surface area contributed by atoms with E-state index in [-0.39, 0.29) is 11.7 Å². The summed E-state index contributed by atoms with van der Waals surface area (Å²) in [7, 11) is 0. The highest BCUT2D eigenvalue weighted by Crippen LogP contribution is 1.99. The first kappa shape index (κ1) is 12.6. The predicted octanol–water partition coefficient (Wildman–Crippen LogP) is 1.60. The molecule has 0 N–H and O–H groups in total. The summed E-state index contributed by atoms with van der Waals surface area (Å²) in [5.41, 5.74) is 0. The number of halogens is 1. The van der Waals surface area contributed by atoms with Gasteiger partial charge in [0, 0.05) is 25.9 Å². The number of hydrogen-bond donors (Lipinski definition) is 0. The fourth-order valence-corrected chi connectivity index (χ4v) is 1.33. The predicted molar refractivity (Wildman–Crippen MR) is 56.0 cm³/mol. The molecular formula is C9H16BrNO2. The number of nitrogens with zero attached hydrogens (tertiary/aromatic N) is 1. The third kappa shape index (κ3) is 5.03. The van der Waals surface area contributed by atoms with Gasteiger partial charge in [0.05, 0.1) is 5.33 Å². The Hall–Kier alpha value is -0.380. The summed E-state index contributed by atoms with van der Waals surface area (Å²) >= 11 is 3.06. The topological polar surface area (TPSA) is 37.4 Å². The van der Waals surface area contributed by atoms with E-state index in [9.17, 15) is 9.59 Å². The van der Waals surface area contributed by atoms with Gasteiger partial charge in [-0.15, -0.1) is 0 Å². The zero-order chi connectivity index (χ0) is 10.3. The zero-order valence-electron chi connectivity index (χ0n) is 8.18. The van der Waals surface area contributed by atoms with Gasteiger partial charge < -0.3 is 4.90 Å². The van der Waals surface area contributed by atoms with E-state index in [0.717, 1.165) is 13.1 Å². The largest absolute Gasteiger partial charge is 0.343 e. The summed E-state index contributed by atoms with van der Waals surface area (Å²) in [6.45, 7) is 5.32. The van der Waals surface area contributed by atoms with E-state index in [1.165, 1.54) is 0 Å². The quantitative estimate of drug-likeness (QED) is 0.671. The van der Waals surface area contributed by atoms with Crippen LogP contribution < -0.4 is 0 Å². The van der Waals surface area contributed by atoms with Crippen LogP contribution >= 0.6 is 15.9 Å². The molecular weight excluding hydrogens is 234 g/mol. The fourth-order valence-electron chi connectivity index (χ4n) is 1.05. The van der Waals surface area contributed by atoms with E-state index in [1.807, 2.05) is 13.8 Å². The van der Waals surface area contributed by atoms with Crippen molar-refractivity contribution in [2.75, 3.05) is 18.4 Å². The van der Waals surface area contributed by atoms with Crippen molar-refractivity contribution in [1.82, 2.24) is 4.90 Å². The van der Waals surface area contributed by atoms with Crippen LogP contribution in [0.5, 0.6) is 0 Å². The normalized spacial score (nSPS) is 9.77. The van der Waals surface area contributed by atoms with Crippen molar-refractivity contribution >= 4 is 27.6 Å². The smallest absolute Gasteiger partial charge is 0.222 e. The molecule has 0 aliphatic carbocycles. The van der Waals surface area contributed by atoms with Crippen molar-refractivity contribution in [3.05, 3.63) is 0 Å². The Balaban J connectivity index is 3.79. The number of carbonyl (C=O) groups is 2. The number of rotatable bonds is 6. The molecule has 0 heterocycles. The highest BCUT2D eigenvalue weighted by Gasteiger charge is 2.10. The van der Waals surface area contributed by atoms with Gasteiger partial charge >= 0.3 is 0 Å². The van der Waals surface area contributed by atoms with Gasteiger partial charge in [-0.2, -0.15) is 0 Å². The minimum absolute atomic E-state index is 0.0688. The van der Waals surface area contributed by atoms with Crippen molar-refractivity contribution in [3.8, 4) is 0 Å². The fraction of sp³-hybridized carbons (Fsp3) is 0.778. The summed E-state index contributed by atoms with van der Waals surface area (Å²) in [6, 6.07) is 0. The van der Waals surface area contributed by atoms with E-state index in [0.29, 0.717) is 18.2 Å². The van der Waals surface area contributed by atoms with Crippen LogP contribution in [0.15, 0.2) is 0 Å². The van der Waals surface area contributed by atoms with Crippen LogP contribution in [0.25, 0.3) is 0 Å². The maximum absolute atomic E-state index is 11.4. The lowest BCUT2D eigenvalue weighted by Gasteiger charge is -2.17. The zero-order valence-corrected chi connectivity index (χ0v) is 9.76. The highest BCUT2D eigenvalue weighted by atomic mass is 79.9.